The second-order valence-electron chi connectivity index (χ2n) is 3.42. The van der Waals surface area contributed by atoms with Crippen molar-refractivity contribution in [2.75, 3.05) is 11.5 Å². The Balaban J connectivity index is 2.55. The molecule has 0 radical (unpaired) electrons. The molecule has 1 amide bonds. The van der Waals surface area contributed by atoms with E-state index < -0.39 is 21.8 Å². The smallest absolute Gasteiger partial charge is 0.234 e. The Hall–Kier alpha value is -0.620. The molecule has 0 aromatic carbocycles. The van der Waals surface area contributed by atoms with Crippen LogP contribution < -0.4 is 11.5 Å². The molecule has 6 heteroatoms. The van der Waals surface area contributed by atoms with Crippen LogP contribution in [0.5, 0.6) is 0 Å². The molecule has 4 N–H and O–H groups in total. The predicted octanol–water partition coefficient (Wildman–Crippen LogP) is -1.38. The van der Waals surface area contributed by atoms with Crippen molar-refractivity contribution in [2.45, 2.75) is 18.9 Å². The van der Waals surface area contributed by atoms with Gasteiger partial charge in [-0.1, -0.05) is 0 Å². The first-order valence-corrected chi connectivity index (χ1v) is 6.00. The van der Waals surface area contributed by atoms with E-state index in [0.29, 0.717) is 12.8 Å². The number of hydrogen-bond donors (Lipinski definition) is 2. The van der Waals surface area contributed by atoms with Gasteiger partial charge in [-0.2, -0.15) is 0 Å². The monoisotopic (exact) mass is 206 g/mol. The maximum Gasteiger partial charge on any atom is 0.234 e. The number of primary amides is 1. The van der Waals surface area contributed by atoms with Gasteiger partial charge >= 0.3 is 0 Å². The molecule has 0 bridgehead atoms. The molecule has 1 fully saturated rings. The SMILES string of the molecule is NC(=O)C(N)C1CCS(=O)(=O)CC1. The Morgan fingerprint density at radius 1 is 1.31 bits per heavy atom. The minimum atomic E-state index is -2.88. The molecule has 0 spiro atoms. The van der Waals surface area contributed by atoms with Gasteiger partial charge in [0.15, 0.2) is 0 Å². The summed E-state index contributed by atoms with van der Waals surface area (Å²) in [6, 6.07) is -0.699. The highest BCUT2D eigenvalue weighted by Crippen LogP contribution is 2.20. The van der Waals surface area contributed by atoms with Gasteiger partial charge in [0.1, 0.15) is 9.84 Å². The Morgan fingerprint density at radius 3 is 2.15 bits per heavy atom. The van der Waals surface area contributed by atoms with Crippen molar-refractivity contribution in [1.29, 1.82) is 0 Å². The number of nitrogens with two attached hydrogens (primary N) is 2. The van der Waals surface area contributed by atoms with E-state index in [9.17, 15) is 13.2 Å². The van der Waals surface area contributed by atoms with Crippen molar-refractivity contribution >= 4 is 15.7 Å². The first kappa shape index (κ1) is 10.5. The quantitative estimate of drug-likeness (QED) is 0.581. The van der Waals surface area contributed by atoms with E-state index in [-0.39, 0.29) is 17.4 Å². The van der Waals surface area contributed by atoms with Gasteiger partial charge in [0, 0.05) is 0 Å². The van der Waals surface area contributed by atoms with Crippen LogP contribution in [-0.2, 0) is 14.6 Å². The van der Waals surface area contributed by atoms with Crippen LogP contribution in [0.3, 0.4) is 0 Å². The molecule has 1 aliphatic heterocycles. The second-order valence-corrected chi connectivity index (χ2v) is 5.72. The molecule has 1 rings (SSSR count). The van der Waals surface area contributed by atoms with Crippen LogP contribution in [0.4, 0.5) is 0 Å². The minimum Gasteiger partial charge on any atom is -0.368 e. The molecule has 13 heavy (non-hydrogen) atoms. The zero-order valence-corrected chi connectivity index (χ0v) is 8.09. The summed E-state index contributed by atoms with van der Waals surface area (Å²) in [7, 11) is -2.88. The molecular formula is C7H14N2O3S. The molecular weight excluding hydrogens is 192 g/mol. The molecule has 1 heterocycles. The third-order valence-electron chi connectivity index (χ3n) is 2.44. The standard InChI is InChI=1S/C7H14N2O3S/c8-6(7(9)10)5-1-3-13(11,12)4-2-5/h5-6H,1-4,8H2,(H2,9,10). The van der Waals surface area contributed by atoms with Crippen LogP contribution in [0.25, 0.3) is 0 Å². The molecule has 0 saturated carbocycles. The number of hydrogen-bond acceptors (Lipinski definition) is 4. The van der Waals surface area contributed by atoms with Crippen LogP contribution in [-0.4, -0.2) is 31.9 Å². The molecule has 0 aromatic heterocycles. The van der Waals surface area contributed by atoms with E-state index in [2.05, 4.69) is 0 Å². The van der Waals surface area contributed by atoms with E-state index >= 15 is 0 Å². The number of carbonyl (C=O) groups is 1. The highest BCUT2D eigenvalue weighted by atomic mass is 32.2. The van der Waals surface area contributed by atoms with E-state index in [0.717, 1.165) is 0 Å². The lowest BCUT2D eigenvalue weighted by Gasteiger charge is -2.25. The summed E-state index contributed by atoms with van der Waals surface area (Å²) < 4.78 is 22.1. The third-order valence-corrected chi connectivity index (χ3v) is 4.15. The molecule has 1 aliphatic rings. The number of amides is 1. The predicted molar refractivity (Wildman–Crippen MR) is 48.5 cm³/mol. The summed E-state index contributed by atoms with van der Waals surface area (Å²) in [4.78, 5) is 10.7. The van der Waals surface area contributed by atoms with Crippen molar-refractivity contribution in [3.8, 4) is 0 Å². The number of rotatable bonds is 2. The summed E-state index contributed by atoms with van der Waals surface area (Å²) in [5, 5.41) is 0. The van der Waals surface area contributed by atoms with Gasteiger partial charge in [0.25, 0.3) is 0 Å². The summed E-state index contributed by atoms with van der Waals surface area (Å²) in [6.07, 6.45) is 0.902. The van der Waals surface area contributed by atoms with E-state index in [1.54, 1.807) is 0 Å². The molecule has 1 saturated heterocycles. The van der Waals surface area contributed by atoms with Gasteiger partial charge in [-0.05, 0) is 18.8 Å². The fraction of sp³-hybridized carbons (Fsp3) is 0.857. The fourth-order valence-corrected chi connectivity index (χ4v) is 3.03. The molecule has 1 atom stereocenters. The zero-order chi connectivity index (χ0) is 10.1. The maximum absolute atomic E-state index is 11.0. The summed E-state index contributed by atoms with van der Waals surface area (Å²) in [5.41, 5.74) is 10.5. The van der Waals surface area contributed by atoms with Crippen molar-refractivity contribution < 1.29 is 13.2 Å². The lowest BCUT2D eigenvalue weighted by molar-refractivity contribution is -0.120. The average molecular weight is 206 g/mol. The van der Waals surface area contributed by atoms with Gasteiger partial charge in [-0.15, -0.1) is 0 Å². The van der Waals surface area contributed by atoms with Crippen molar-refractivity contribution in [3.63, 3.8) is 0 Å². The summed E-state index contributed by atoms with van der Waals surface area (Å²) >= 11 is 0. The van der Waals surface area contributed by atoms with Crippen molar-refractivity contribution in [3.05, 3.63) is 0 Å². The molecule has 1 unspecified atom stereocenters. The molecule has 5 nitrogen and oxygen atoms in total. The topological polar surface area (TPSA) is 103 Å². The van der Waals surface area contributed by atoms with Crippen LogP contribution in [0.1, 0.15) is 12.8 Å². The highest BCUT2D eigenvalue weighted by molar-refractivity contribution is 7.91. The van der Waals surface area contributed by atoms with E-state index in [4.69, 9.17) is 11.5 Å². The summed E-state index contributed by atoms with van der Waals surface area (Å²) in [5.74, 6) is -0.373. The van der Waals surface area contributed by atoms with Crippen molar-refractivity contribution in [1.82, 2.24) is 0 Å². The minimum absolute atomic E-state index is 0.0685. The lowest BCUT2D eigenvalue weighted by Crippen LogP contribution is -2.45. The van der Waals surface area contributed by atoms with Gasteiger partial charge in [0.2, 0.25) is 5.91 Å². The normalized spacial score (nSPS) is 25.3. The first-order chi connectivity index (χ1) is 5.92. The molecule has 0 aromatic rings. The third kappa shape index (κ3) is 2.67. The highest BCUT2D eigenvalue weighted by Gasteiger charge is 2.29. The molecule has 76 valence electrons. The van der Waals surface area contributed by atoms with Crippen LogP contribution in [0.15, 0.2) is 0 Å². The first-order valence-electron chi connectivity index (χ1n) is 4.18. The van der Waals surface area contributed by atoms with Crippen molar-refractivity contribution in [2.24, 2.45) is 17.4 Å². The Bertz CT molecular complexity index is 285. The fourth-order valence-electron chi connectivity index (χ4n) is 1.50. The van der Waals surface area contributed by atoms with Crippen LogP contribution >= 0.6 is 0 Å². The second kappa shape index (κ2) is 3.63. The Kier molecular flexibility index (Phi) is 2.92. The number of sulfone groups is 1. The Labute approximate surface area is 77.4 Å². The van der Waals surface area contributed by atoms with Gasteiger partial charge in [-0.3, -0.25) is 4.79 Å². The largest absolute Gasteiger partial charge is 0.368 e. The summed E-state index contributed by atoms with van der Waals surface area (Å²) in [6.45, 7) is 0. The average Bonchev–Trinajstić information content (AvgIpc) is 2.03. The van der Waals surface area contributed by atoms with Crippen LogP contribution in [0, 0.1) is 5.92 Å². The van der Waals surface area contributed by atoms with E-state index in [1.807, 2.05) is 0 Å². The Morgan fingerprint density at radius 2 is 1.77 bits per heavy atom. The zero-order valence-electron chi connectivity index (χ0n) is 7.27. The van der Waals surface area contributed by atoms with Gasteiger partial charge in [0.05, 0.1) is 17.5 Å². The lowest BCUT2D eigenvalue weighted by atomic mass is 9.94. The number of carbonyl (C=O) groups excluding carboxylic acids is 1. The maximum atomic E-state index is 11.0. The van der Waals surface area contributed by atoms with E-state index in [1.165, 1.54) is 0 Å². The molecule has 0 aliphatic carbocycles. The van der Waals surface area contributed by atoms with Gasteiger partial charge < -0.3 is 11.5 Å². The van der Waals surface area contributed by atoms with Gasteiger partial charge in [-0.25, -0.2) is 8.42 Å². The van der Waals surface area contributed by atoms with Crippen LogP contribution in [0.2, 0.25) is 0 Å².